The van der Waals surface area contributed by atoms with Crippen molar-refractivity contribution in [1.29, 1.82) is 0 Å². The summed E-state index contributed by atoms with van der Waals surface area (Å²) in [5, 5.41) is 0. The highest BCUT2D eigenvalue weighted by Gasteiger charge is 2.57. The topological polar surface area (TPSA) is 26.3 Å². The summed E-state index contributed by atoms with van der Waals surface area (Å²) in [5.74, 6) is 0.302. The summed E-state index contributed by atoms with van der Waals surface area (Å²) in [5.41, 5.74) is 1.39. The van der Waals surface area contributed by atoms with Gasteiger partial charge in [-0.2, -0.15) is 0 Å². The maximum absolute atomic E-state index is 11.5. The van der Waals surface area contributed by atoms with Gasteiger partial charge in [0.25, 0.3) is 0 Å². The first-order valence-electron chi connectivity index (χ1n) is 5.98. The number of ketones is 1. The van der Waals surface area contributed by atoms with E-state index in [0.717, 1.165) is 12.0 Å². The Morgan fingerprint density at radius 2 is 2.00 bits per heavy atom. The zero-order chi connectivity index (χ0) is 11.0. The summed E-state index contributed by atoms with van der Waals surface area (Å²) in [6.07, 6.45) is 4.27. The molecule has 84 valence electrons. The van der Waals surface area contributed by atoms with Gasteiger partial charge in [0, 0.05) is 11.8 Å². The number of hydrogen-bond acceptors (Lipinski definition) is 2. The first-order chi connectivity index (χ1) is 7.80. The van der Waals surface area contributed by atoms with E-state index >= 15 is 0 Å². The van der Waals surface area contributed by atoms with E-state index in [0.29, 0.717) is 12.4 Å². The lowest BCUT2D eigenvalue weighted by Crippen LogP contribution is -2.58. The average molecular weight is 216 g/mol. The van der Waals surface area contributed by atoms with E-state index in [-0.39, 0.29) is 11.5 Å². The maximum Gasteiger partial charge on any atom is 0.162 e. The van der Waals surface area contributed by atoms with Crippen LogP contribution >= 0.6 is 0 Å². The van der Waals surface area contributed by atoms with Crippen LogP contribution in [0.5, 0.6) is 0 Å². The minimum atomic E-state index is -0.110. The highest BCUT2D eigenvalue weighted by Crippen LogP contribution is 2.55. The lowest BCUT2D eigenvalue weighted by atomic mass is 9.53. The van der Waals surface area contributed by atoms with Gasteiger partial charge >= 0.3 is 0 Å². The van der Waals surface area contributed by atoms with Gasteiger partial charge in [0.1, 0.15) is 6.10 Å². The fraction of sp³-hybridized carbons (Fsp3) is 0.500. The van der Waals surface area contributed by atoms with Gasteiger partial charge in [-0.1, -0.05) is 36.8 Å². The molecule has 3 rings (SSSR count). The van der Waals surface area contributed by atoms with Crippen LogP contribution in [0.3, 0.4) is 0 Å². The summed E-state index contributed by atoms with van der Waals surface area (Å²) in [6, 6.07) is 10.1. The quantitative estimate of drug-likeness (QED) is 0.776. The van der Waals surface area contributed by atoms with Gasteiger partial charge in [0.15, 0.2) is 5.78 Å². The largest absolute Gasteiger partial charge is 0.365 e. The molecule has 1 aromatic carbocycles. The molecule has 0 heterocycles. The van der Waals surface area contributed by atoms with Gasteiger partial charge in [-0.05, 0) is 18.4 Å². The van der Waals surface area contributed by atoms with Crippen molar-refractivity contribution < 1.29 is 9.53 Å². The molecule has 1 unspecified atom stereocenters. The van der Waals surface area contributed by atoms with Crippen LogP contribution in [0, 0.1) is 5.41 Å². The number of rotatable bonds is 3. The molecule has 0 aromatic heterocycles. The average Bonchev–Trinajstić information content (AvgIpc) is 2.24. The number of carbonyl (C=O) groups is 1. The molecule has 2 fully saturated rings. The van der Waals surface area contributed by atoms with E-state index in [9.17, 15) is 4.79 Å². The smallest absolute Gasteiger partial charge is 0.162 e. The van der Waals surface area contributed by atoms with Crippen molar-refractivity contribution in [3.63, 3.8) is 0 Å². The molecule has 2 saturated carbocycles. The van der Waals surface area contributed by atoms with Crippen molar-refractivity contribution in [2.45, 2.75) is 38.4 Å². The highest BCUT2D eigenvalue weighted by molar-refractivity contribution is 5.91. The van der Waals surface area contributed by atoms with Crippen molar-refractivity contribution in [2.24, 2.45) is 5.41 Å². The zero-order valence-electron chi connectivity index (χ0n) is 9.32. The molecule has 1 spiro atoms. The van der Waals surface area contributed by atoms with Gasteiger partial charge < -0.3 is 4.74 Å². The van der Waals surface area contributed by atoms with Crippen molar-refractivity contribution >= 4 is 5.78 Å². The predicted octanol–water partition coefficient (Wildman–Crippen LogP) is 2.71. The first kappa shape index (κ1) is 10.0. The highest BCUT2D eigenvalue weighted by atomic mass is 16.5. The molecular weight excluding hydrogens is 200 g/mol. The number of hydrogen-bond donors (Lipinski definition) is 0. The fourth-order valence-corrected chi connectivity index (χ4v) is 2.84. The van der Waals surface area contributed by atoms with Crippen LogP contribution in [0.25, 0.3) is 0 Å². The molecule has 0 aliphatic heterocycles. The fourth-order valence-electron chi connectivity index (χ4n) is 2.84. The summed E-state index contributed by atoms with van der Waals surface area (Å²) in [4.78, 5) is 11.5. The van der Waals surface area contributed by atoms with E-state index in [1.165, 1.54) is 19.3 Å². The van der Waals surface area contributed by atoms with E-state index in [1.54, 1.807) is 0 Å². The molecule has 0 saturated heterocycles. The molecule has 1 aromatic rings. The molecule has 16 heavy (non-hydrogen) atoms. The lowest BCUT2D eigenvalue weighted by molar-refractivity contribution is -0.179. The van der Waals surface area contributed by atoms with Gasteiger partial charge in [0.2, 0.25) is 0 Å². The van der Waals surface area contributed by atoms with Crippen molar-refractivity contribution in [2.75, 3.05) is 0 Å². The van der Waals surface area contributed by atoms with Crippen LogP contribution < -0.4 is 0 Å². The monoisotopic (exact) mass is 216 g/mol. The summed E-state index contributed by atoms with van der Waals surface area (Å²) >= 11 is 0. The molecule has 1 atom stereocenters. The van der Waals surface area contributed by atoms with Crippen molar-refractivity contribution in [1.82, 2.24) is 0 Å². The number of carbonyl (C=O) groups excluding carboxylic acids is 1. The van der Waals surface area contributed by atoms with E-state index in [1.807, 2.05) is 30.3 Å². The predicted molar refractivity (Wildman–Crippen MR) is 60.9 cm³/mol. The molecule has 0 radical (unpaired) electrons. The second kappa shape index (κ2) is 3.70. The van der Waals surface area contributed by atoms with Crippen LogP contribution in [0.1, 0.15) is 31.2 Å². The molecule has 0 bridgehead atoms. The Morgan fingerprint density at radius 1 is 1.25 bits per heavy atom. The standard InChI is InChI=1S/C14H16O2/c15-12-9-14(7-4-8-14)13(12)16-10-11-5-2-1-3-6-11/h1-3,5-6,13H,4,7-10H2. The van der Waals surface area contributed by atoms with Crippen LogP contribution in [0.15, 0.2) is 30.3 Å². The molecule has 0 amide bonds. The Morgan fingerprint density at radius 3 is 2.56 bits per heavy atom. The second-order valence-corrected chi connectivity index (χ2v) is 5.04. The van der Waals surface area contributed by atoms with Gasteiger partial charge in [0.05, 0.1) is 6.61 Å². The minimum absolute atomic E-state index is 0.110. The van der Waals surface area contributed by atoms with Crippen LogP contribution in [0.2, 0.25) is 0 Å². The van der Waals surface area contributed by atoms with Crippen LogP contribution in [0.4, 0.5) is 0 Å². The Labute approximate surface area is 95.6 Å². The summed E-state index contributed by atoms with van der Waals surface area (Å²) < 4.78 is 5.78. The zero-order valence-corrected chi connectivity index (χ0v) is 9.32. The van der Waals surface area contributed by atoms with Gasteiger partial charge in [-0.15, -0.1) is 0 Å². The third kappa shape index (κ3) is 1.49. The van der Waals surface area contributed by atoms with E-state index in [4.69, 9.17) is 4.74 Å². The lowest BCUT2D eigenvalue weighted by Gasteiger charge is -2.53. The number of ether oxygens (including phenoxy) is 1. The van der Waals surface area contributed by atoms with Crippen LogP contribution in [-0.2, 0) is 16.1 Å². The second-order valence-electron chi connectivity index (χ2n) is 5.04. The number of Topliss-reactive ketones (excluding diaryl/α,β-unsaturated/α-hetero) is 1. The molecule has 0 N–H and O–H groups in total. The van der Waals surface area contributed by atoms with Crippen LogP contribution in [-0.4, -0.2) is 11.9 Å². The van der Waals surface area contributed by atoms with E-state index < -0.39 is 0 Å². The third-order valence-corrected chi connectivity index (χ3v) is 3.98. The Bertz CT molecular complexity index is 392. The molecule has 2 aliphatic rings. The maximum atomic E-state index is 11.5. The number of benzene rings is 1. The van der Waals surface area contributed by atoms with Gasteiger partial charge in [-0.3, -0.25) is 4.79 Å². The molecule has 2 aliphatic carbocycles. The Kier molecular flexibility index (Phi) is 2.32. The summed E-state index contributed by atoms with van der Waals surface area (Å²) in [7, 11) is 0. The summed E-state index contributed by atoms with van der Waals surface area (Å²) in [6.45, 7) is 0.568. The Hall–Kier alpha value is -1.15. The van der Waals surface area contributed by atoms with E-state index in [2.05, 4.69) is 0 Å². The third-order valence-electron chi connectivity index (χ3n) is 3.98. The van der Waals surface area contributed by atoms with Crippen molar-refractivity contribution in [3.05, 3.63) is 35.9 Å². The normalized spacial score (nSPS) is 26.2. The molecule has 2 nitrogen and oxygen atoms in total. The van der Waals surface area contributed by atoms with Crippen molar-refractivity contribution in [3.8, 4) is 0 Å². The SMILES string of the molecule is O=C1CC2(CCC2)C1OCc1ccccc1. The molecule has 2 heteroatoms. The molecular formula is C14H16O2. The Balaban J connectivity index is 1.61. The minimum Gasteiger partial charge on any atom is -0.365 e. The first-order valence-corrected chi connectivity index (χ1v) is 5.98. The van der Waals surface area contributed by atoms with Gasteiger partial charge in [-0.25, -0.2) is 0 Å².